The van der Waals surface area contributed by atoms with Crippen molar-refractivity contribution >= 4 is 15.7 Å². The third kappa shape index (κ3) is 2.97. The maximum atomic E-state index is 13.7. The van der Waals surface area contributed by atoms with Gasteiger partial charge < -0.3 is 5.11 Å². The van der Waals surface area contributed by atoms with Gasteiger partial charge in [0, 0.05) is 11.3 Å². The molecule has 0 aromatic heterocycles. The molecule has 0 radical (unpaired) electrons. The molecule has 2 N–H and O–H groups in total. The summed E-state index contributed by atoms with van der Waals surface area (Å²) < 4.78 is 40.6. The molecule has 20 heavy (non-hydrogen) atoms. The molecule has 2 aromatic carbocycles. The fourth-order valence-corrected chi connectivity index (χ4v) is 3.16. The Morgan fingerprint density at radius 2 is 1.85 bits per heavy atom. The van der Waals surface area contributed by atoms with Crippen molar-refractivity contribution in [3.05, 3.63) is 59.4 Å². The molecule has 2 aromatic rings. The van der Waals surface area contributed by atoms with E-state index >= 15 is 0 Å². The molecular formula is C14H14FNO3S. The molecule has 0 saturated heterocycles. The van der Waals surface area contributed by atoms with E-state index in [2.05, 4.69) is 4.72 Å². The lowest BCUT2D eigenvalue weighted by Crippen LogP contribution is -2.15. The van der Waals surface area contributed by atoms with Gasteiger partial charge in [-0.3, -0.25) is 4.72 Å². The first-order chi connectivity index (χ1) is 9.44. The van der Waals surface area contributed by atoms with Crippen LogP contribution >= 0.6 is 0 Å². The minimum Gasteiger partial charge on any atom is -0.392 e. The second-order valence-corrected chi connectivity index (χ2v) is 5.98. The van der Waals surface area contributed by atoms with E-state index in [0.29, 0.717) is 5.69 Å². The summed E-state index contributed by atoms with van der Waals surface area (Å²) in [6.45, 7) is 0.959. The van der Waals surface area contributed by atoms with Crippen LogP contribution in [0.2, 0.25) is 0 Å². The molecule has 0 aliphatic rings. The molecular weight excluding hydrogens is 281 g/mol. The lowest BCUT2D eigenvalue weighted by atomic mass is 10.1. The lowest BCUT2D eigenvalue weighted by Gasteiger charge is -2.12. The van der Waals surface area contributed by atoms with E-state index in [1.165, 1.54) is 13.0 Å². The number of hydrogen-bond donors (Lipinski definition) is 2. The predicted molar refractivity (Wildman–Crippen MR) is 74.3 cm³/mol. The van der Waals surface area contributed by atoms with Crippen LogP contribution in [0, 0.1) is 12.7 Å². The molecule has 106 valence electrons. The minimum atomic E-state index is -3.90. The number of anilines is 1. The highest BCUT2D eigenvalue weighted by Gasteiger charge is 2.20. The summed E-state index contributed by atoms with van der Waals surface area (Å²) in [6.07, 6.45) is 0. The van der Waals surface area contributed by atoms with Crippen LogP contribution in [0.25, 0.3) is 0 Å². The van der Waals surface area contributed by atoms with Gasteiger partial charge in [0.25, 0.3) is 10.0 Å². The fraction of sp³-hybridized carbons (Fsp3) is 0.143. The molecule has 0 spiro atoms. The van der Waals surface area contributed by atoms with Crippen molar-refractivity contribution in [2.24, 2.45) is 0 Å². The molecule has 0 aliphatic heterocycles. The van der Waals surface area contributed by atoms with Crippen molar-refractivity contribution in [1.29, 1.82) is 0 Å². The summed E-state index contributed by atoms with van der Waals surface area (Å²) in [6, 6.07) is 10.7. The van der Waals surface area contributed by atoms with E-state index in [1.54, 1.807) is 30.3 Å². The third-order valence-corrected chi connectivity index (χ3v) is 4.36. The first-order valence-electron chi connectivity index (χ1n) is 5.92. The SMILES string of the molecule is Cc1c(F)cc(CO)cc1S(=O)(=O)Nc1ccccc1. The second-order valence-electron chi connectivity index (χ2n) is 4.33. The first-order valence-corrected chi connectivity index (χ1v) is 7.40. The Hall–Kier alpha value is -1.92. The molecule has 4 nitrogen and oxygen atoms in total. The monoisotopic (exact) mass is 295 g/mol. The number of halogens is 1. The van der Waals surface area contributed by atoms with E-state index in [-0.39, 0.29) is 16.0 Å². The molecule has 0 aliphatic carbocycles. The van der Waals surface area contributed by atoms with Gasteiger partial charge in [0.2, 0.25) is 0 Å². The fourth-order valence-electron chi connectivity index (χ4n) is 1.79. The van der Waals surface area contributed by atoms with Crippen LogP contribution < -0.4 is 4.72 Å². The zero-order chi connectivity index (χ0) is 14.8. The van der Waals surface area contributed by atoms with Gasteiger partial charge in [-0.1, -0.05) is 18.2 Å². The minimum absolute atomic E-state index is 0.0191. The Labute approximate surface area is 116 Å². The van der Waals surface area contributed by atoms with E-state index < -0.39 is 22.4 Å². The van der Waals surface area contributed by atoms with Crippen LogP contribution in [0.15, 0.2) is 47.4 Å². The smallest absolute Gasteiger partial charge is 0.262 e. The van der Waals surface area contributed by atoms with Crippen LogP contribution in [0.4, 0.5) is 10.1 Å². The summed E-state index contributed by atoms with van der Waals surface area (Å²) in [5.41, 5.74) is 0.619. The number of aliphatic hydroxyl groups excluding tert-OH is 1. The van der Waals surface area contributed by atoms with Gasteiger partial charge >= 0.3 is 0 Å². The van der Waals surface area contributed by atoms with Crippen molar-refractivity contribution in [3.8, 4) is 0 Å². The lowest BCUT2D eigenvalue weighted by molar-refractivity contribution is 0.281. The Bertz CT molecular complexity index is 715. The largest absolute Gasteiger partial charge is 0.392 e. The van der Waals surface area contributed by atoms with Crippen LogP contribution in [-0.2, 0) is 16.6 Å². The number of sulfonamides is 1. The van der Waals surface area contributed by atoms with E-state index in [1.807, 2.05) is 0 Å². The van der Waals surface area contributed by atoms with Crippen LogP contribution in [-0.4, -0.2) is 13.5 Å². The summed E-state index contributed by atoms with van der Waals surface area (Å²) >= 11 is 0. The average Bonchev–Trinajstić information content (AvgIpc) is 2.42. The van der Waals surface area contributed by atoms with Crippen molar-refractivity contribution in [3.63, 3.8) is 0 Å². The Morgan fingerprint density at radius 3 is 2.45 bits per heavy atom. The average molecular weight is 295 g/mol. The maximum absolute atomic E-state index is 13.7. The molecule has 0 heterocycles. The van der Waals surface area contributed by atoms with Crippen molar-refractivity contribution < 1.29 is 17.9 Å². The first kappa shape index (κ1) is 14.5. The van der Waals surface area contributed by atoms with Gasteiger partial charge in [0.15, 0.2) is 0 Å². The normalized spacial score (nSPS) is 11.3. The standard InChI is InChI=1S/C14H14FNO3S/c1-10-13(15)7-11(9-17)8-14(10)20(18,19)16-12-5-3-2-4-6-12/h2-8,16-17H,9H2,1H3. The molecule has 0 unspecified atom stereocenters. The quantitative estimate of drug-likeness (QED) is 0.910. The third-order valence-electron chi connectivity index (χ3n) is 2.85. The van der Waals surface area contributed by atoms with E-state index in [9.17, 15) is 12.8 Å². The maximum Gasteiger partial charge on any atom is 0.262 e. The number of para-hydroxylation sites is 1. The molecule has 0 saturated carbocycles. The Morgan fingerprint density at radius 1 is 1.20 bits per heavy atom. The van der Waals surface area contributed by atoms with Gasteiger partial charge in [-0.25, -0.2) is 12.8 Å². The van der Waals surface area contributed by atoms with Crippen molar-refractivity contribution in [2.45, 2.75) is 18.4 Å². The zero-order valence-corrected chi connectivity index (χ0v) is 11.6. The topological polar surface area (TPSA) is 66.4 Å². The zero-order valence-electron chi connectivity index (χ0n) is 10.8. The van der Waals surface area contributed by atoms with E-state index in [0.717, 1.165) is 6.07 Å². The summed E-state index contributed by atoms with van der Waals surface area (Å²) in [4.78, 5) is -0.176. The summed E-state index contributed by atoms with van der Waals surface area (Å²) in [7, 11) is -3.90. The predicted octanol–water partition coefficient (Wildman–Crippen LogP) is 2.43. The van der Waals surface area contributed by atoms with Crippen LogP contribution in [0.5, 0.6) is 0 Å². The number of hydrogen-bond acceptors (Lipinski definition) is 3. The number of benzene rings is 2. The molecule has 6 heteroatoms. The van der Waals surface area contributed by atoms with Gasteiger partial charge in [-0.2, -0.15) is 0 Å². The van der Waals surface area contributed by atoms with Gasteiger partial charge in [0.05, 0.1) is 11.5 Å². The highest BCUT2D eigenvalue weighted by Crippen LogP contribution is 2.23. The highest BCUT2D eigenvalue weighted by atomic mass is 32.2. The van der Waals surface area contributed by atoms with E-state index in [4.69, 9.17) is 5.11 Å². The number of aliphatic hydroxyl groups is 1. The molecule has 0 amide bonds. The number of rotatable bonds is 4. The molecule has 2 rings (SSSR count). The van der Waals surface area contributed by atoms with Crippen molar-refractivity contribution in [1.82, 2.24) is 0 Å². The Kier molecular flexibility index (Phi) is 4.06. The second kappa shape index (κ2) is 5.60. The molecule has 0 atom stereocenters. The van der Waals surface area contributed by atoms with Gasteiger partial charge in [0.1, 0.15) is 5.82 Å². The highest BCUT2D eigenvalue weighted by molar-refractivity contribution is 7.92. The molecule has 0 fully saturated rings. The Balaban J connectivity index is 2.47. The molecule has 0 bridgehead atoms. The summed E-state index contributed by atoms with van der Waals surface area (Å²) in [5.74, 6) is -0.662. The van der Waals surface area contributed by atoms with Crippen LogP contribution in [0.1, 0.15) is 11.1 Å². The van der Waals surface area contributed by atoms with Gasteiger partial charge in [-0.05, 0) is 36.8 Å². The van der Waals surface area contributed by atoms with Crippen molar-refractivity contribution in [2.75, 3.05) is 4.72 Å². The summed E-state index contributed by atoms with van der Waals surface area (Å²) in [5, 5.41) is 9.05. The van der Waals surface area contributed by atoms with Gasteiger partial charge in [-0.15, -0.1) is 0 Å². The number of nitrogens with one attached hydrogen (secondary N) is 1. The van der Waals surface area contributed by atoms with Crippen LogP contribution in [0.3, 0.4) is 0 Å².